The molecule has 0 unspecified atom stereocenters. The highest BCUT2D eigenvalue weighted by atomic mass is 16.3. The molecule has 8 heavy (non-hydrogen) atoms. The Bertz CT molecular complexity index is 109. The largest absolute Gasteiger partial charge is 0.396 e. The van der Waals surface area contributed by atoms with Crippen molar-refractivity contribution in [2.24, 2.45) is 10.8 Å². The third kappa shape index (κ3) is 0.334. The Morgan fingerprint density at radius 2 is 1.88 bits per heavy atom. The molecule has 0 amide bonds. The van der Waals surface area contributed by atoms with Gasteiger partial charge in [-0.1, -0.05) is 6.92 Å². The lowest BCUT2D eigenvalue weighted by Crippen LogP contribution is -2.61. The lowest BCUT2D eigenvalue weighted by molar-refractivity contribution is -0.211. The molecule has 1 N–H and O–H groups in total. The molecule has 3 aliphatic rings. The van der Waals surface area contributed by atoms with Gasteiger partial charge in [-0.2, -0.15) is 0 Å². The van der Waals surface area contributed by atoms with Gasteiger partial charge in [0.1, 0.15) is 0 Å². The molecule has 46 valence electrons. The topological polar surface area (TPSA) is 20.2 Å². The van der Waals surface area contributed by atoms with Crippen molar-refractivity contribution in [1.82, 2.24) is 0 Å². The van der Waals surface area contributed by atoms with E-state index in [1.165, 1.54) is 19.3 Å². The first-order valence-electron chi connectivity index (χ1n) is 3.29. The van der Waals surface area contributed by atoms with Crippen LogP contribution < -0.4 is 0 Å². The number of hydrogen-bond acceptors (Lipinski definition) is 1. The normalized spacial score (nSPS) is 59.2. The highest BCUT2D eigenvalue weighted by Gasteiger charge is 2.64. The Balaban J connectivity index is 2.04. The average Bonchev–Trinajstić information content (AvgIpc) is 1.55. The molecular weight excluding hydrogens is 100 g/mol. The van der Waals surface area contributed by atoms with Gasteiger partial charge in [0.25, 0.3) is 0 Å². The Morgan fingerprint density at radius 3 is 2.00 bits per heavy atom. The lowest BCUT2D eigenvalue weighted by atomic mass is 9.36. The van der Waals surface area contributed by atoms with Gasteiger partial charge in [0.2, 0.25) is 0 Å². The van der Waals surface area contributed by atoms with Gasteiger partial charge < -0.3 is 5.11 Å². The quantitative estimate of drug-likeness (QED) is 0.540. The highest BCUT2D eigenvalue weighted by molar-refractivity contribution is 5.14. The third-order valence-electron chi connectivity index (χ3n) is 2.74. The number of aliphatic hydroxyl groups excluding tert-OH is 1. The second-order valence-electron chi connectivity index (χ2n) is 4.00. The SMILES string of the molecule is CC12CC(CO)(C1)C2. The van der Waals surface area contributed by atoms with Crippen molar-refractivity contribution in [2.45, 2.75) is 26.2 Å². The summed E-state index contributed by atoms with van der Waals surface area (Å²) < 4.78 is 0. The van der Waals surface area contributed by atoms with E-state index in [0.717, 1.165) is 0 Å². The molecule has 1 heteroatoms. The summed E-state index contributed by atoms with van der Waals surface area (Å²) in [6, 6.07) is 0. The van der Waals surface area contributed by atoms with Crippen LogP contribution in [-0.2, 0) is 0 Å². The summed E-state index contributed by atoms with van der Waals surface area (Å²) in [6.07, 6.45) is 3.86. The van der Waals surface area contributed by atoms with Gasteiger partial charge in [0.15, 0.2) is 0 Å². The summed E-state index contributed by atoms with van der Waals surface area (Å²) in [7, 11) is 0. The van der Waals surface area contributed by atoms with Crippen LogP contribution >= 0.6 is 0 Å². The zero-order valence-electron chi connectivity index (χ0n) is 5.28. The molecule has 0 aromatic carbocycles. The average molecular weight is 112 g/mol. The molecule has 0 aromatic rings. The fourth-order valence-corrected chi connectivity index (χ4v) is 2.73. The van der Waals surface area contributed by atoms with Crippen LogP contribution in [0, 0.1) is 10.8 Å². The predicted molar refractivity (Wildman–Crippen MR) is 31.5 cm³/mol. The van der Waals surface area contributed by atoms with E-state index in [0.29, 0.717) is 17.4 Å². The predicted octanol–water partition coefficient (Wildman–Crippen LogP) is 1.17. The van der Waals surface area contributed by atoms with Crippen LogP contribution in [0.15, 0.2) is 0 Å². The molecule has 0 saturated heterocycles. The van der Waals surface area contributed by atoms with Crippen LogP contribution in [0.1, 0.15) is 26.2 Å². The summed E-state index contributed by atoms with van der Waals surface area (Å²) in [4.78, 5) is 0. The molecular formula is C7H12O. The molecule has 0 heterocycles. The van der Waals surface area contributed by atoms with E-state index < -0.39 is 0 Å². The van der Waals surface area contributed by atoms with Crippen molar-refractivity contribution in [1.29, 1.82) is 0 Å². The Kier molecular flexibility index (Phi) is 0.583. The fourth-order valence-electron chi connectivity index (χ4n) is 2.73. The first-order chi connectivity index (χ1) is 3.68. The summed E-state index contributed by atoms with van der Waals surface area (Å²) >= 11 is 0. The smallest absolute Gasteiger partial charge is 0.0488 e. The molecule has 2 bridgehead atoms. The number of hydrogen-bond donors (Lipinski definition) is 1. The van der Waals surface area contributed by atoms with Crippen molar-refractivity contribution in [3.63, 3.8) is 0 Å². The molecule has 3 saturated carbocycles. The van der Waals surface area contributed by atoms with Crippen LogP contribution in [0.3, 0.4) is 0 Å². The molecule has 0 atom stereocenters. The fraction of sp³-hybridized carbons (Fsp3) is 1.00. The maximum atomic E-state index is 8.80. The van der Waals surface area contributed by atoms with E-state index in [4.69, 9.17) is 5.11 Å². The van der Waals surface area contributed by atoms with Crippen LogP contribution in [0.25, 0.3) is 0 Å². The molecule has 0 aromatic heterocycles. The minimum Gasteiger partial charge on any atom is -0.396 e. The highest BCUT2D eigenvalue weighted by Crippen LogP contribution is 2.72. The number of aliphatic hydroxyl groups is 1. The van der Waals surface area contributed by atoms with E-state index in [1.807, 2.05) is 0 Å². The monoisotopic (exact) mass is 112 g/mol. The van der Waals surface area contributed by atoms with Gasteiger partial charge in [-0.25, -0.2) is 0 Å². The van der Waals surface area contributed by atoms with Crippen LogP contribution in [0.2, 0.25) is 0 Å². The first kappa shape index (κ1) is 4.80. The van der Waals surface area contributed by atoms with Gasteiger partial charge >= 0.3 is 0 Å². The van der Waals surface area contributed by atoms with E-state index in [-0.39, 0.29) is 0 Å². The van der Waals surface area contributed by atoms with Crippen molar-refractivity contribution in [2.75, 3.05) is 6.61 Å². The second kappa shape index (κ2) is 0.971. The zero-order chi connectivity index (χ0) is 5.83. The van der Waals surface area contributed by atoms with Crippen LogP contribution in [-0.4, -0.2) is 11.7 Å². The maximum absolute atomic E-state index is 8.80. The van der Waals surface area contributed by atoms with E-state index in [1.54, 1.807) is 0 Å². The summed E-state index contributed by atoms with van der Waals surface area (Å²) in [5.74, 6) is 0. The minimum atomic E-state index is 0.425. The summed E-state index contributed by atoms with van der Waals surface area (Å²) in [5.41, 5.74) is 1.09. The molecule has 3 fully saturated rings. The molecule has 3 aliphatic carbocycles. The third-order valence-corrected chi connectivity index (χ3v) is 2.74. The van der Waals surface area contributed by atoms with E-state index in [9.17, 15) is 0 Å². The van der Waals surface area contributed by atoms with Gasteiger partial charge in [0, 0.05) is 6.61 Å². The molecule has 0 radical (unpaired) electrons. The summed E-state index contributed by atoms with van der Waals surface area (Å²) in [5, 5.41) is 8.80. The maximum Gasteiger partial charge on any atom is 0.0488 e. The Hall–Kier alpha value is -0.0400. The summed E-state index contributed by atoms with van der Waals surface area (Å²) in [6.45, 7) is 2.74. The molecule has 1 nitrogen and oxygen atoms in total. The molecule has 0 spiro atoms. The minimum absolute atomic E-state index is 0.425. The molecule has 0 aliphatic heterocycles. The van der Waals surface area contributed by atoms with Crippen molar-refractivity contribution in [3.8, 4) is 0 Å². The standard InChI is InChI=1S/C7H12O/c1-6-2-7(3-6,4-6)5-8/h8H,2-5H2,1H3. The van der Waals surface area contributed by atoms with Gasteiger partial charge in [0.05, 0.1) is 0 Å². The first-order valence-corrected chi connectivity index (χ1v) is 3.29. The van der Waals surface area contributed by atoms with Gasteiger partial charge in [-0.3, -0.25) is 0 Å². The van der Waals surface area contributed by atoms with Gasteiger partial charge in [-0.05, 0) is 30.1 Å². The Morgan fingerprint density at radius 1 is 1.38 bits per heavy atom. The van der Waals surface area contributed by atoms with E-state index >= 15 is 0 Å². The lowest BCUT2D eigenvalue weighted by Gasteiger charge is -2.69. The molecule has 3 rings (SSSR count). The number of rotatable bonds is 1. The Labute approximate surface area is 49.7 Å². The van der Waals surface area contributed by atoms with Crippen molar-refractivity contribution in [3.05, 3.63) is 0 Å². The van der Waals surface area contributed by atoms with E-state index in [2.05, 4.69) is 6.92 Å². The van der Waals surface area contributed by atoms with Crippen LogP contribution in [0.4, 0.5) is 0 Å². The van der Waals surface area contributed by atoms with Gasteiger partial charge in [-0.15, -0.1) is 0 Å². The van der Waals surface area contributed by atoms with Crippen molar-refractivity contribution >= 4 is 0 Å². The zero-order valence-corrected chi connectivity index (χ0v) is 5.28. The van der Waals surface area contributed by atoms with Crippen LogP contribution in [0.5, 0.6) is 0 Å². The second-order valence-corrected chi connectivity index (χ2v) is 4.00. The van der Waals surface area contributed by atoms with Crippen molar-refractivity contribution < 1.29 is 5.11 Å².